The van der Waals surface area contributed by atoms with Crippen molar-refractivity contribution in [3.63, 3.8) is 0 Å². The molecule has 0 spiro atoms. The maximum atomic E-state index is 13.3. The molecule has 2 amide bonds. The lowest BCUT2D eigenvalue weighted by atomic mass is 10.2. The minimum absolute atomic E-state index is 0.0214. The molecule has 4 aromatic rings. The van der Waals surface area contributed by atoms with Crippen LogP contribution in [0.1, 0.15) is 11.1 Å². The summed E-state index contributed by atoms with van der Waals surface area (Å²) in [5.41, 5.74) is 4.33. The van der Waals surface area contributed by atoms with E-state index < -0.39 is 22.5 Å². The summed E-state index contributed by atoms with van der Waals surface area (Å²) in [4.78, 5) is 25.0. The predicted octanol–water partition coefficient (Wildman–Crippen LogP) is 4.05. The summed E-state index contributed by atoms with van der Waals surface area (Å²) >= 11 is 0. The van der Waals surface area contributed by atoms with Crippen LogP contribution in [0.25, 0.3) is 0 Å². The van der Waals surface area contributed by atoms with Crippen molar-refractivity contribution in [2.24, 2.45) is 5.10 Å². The van der Waals surface area contributed by atoms with Gasteiger partial charge in [0.15, 0.2) is 6.61 Å². The number of benzene rings is 4. The summed E-state index contributed by atoms with van der Waals surface area (Å²) in [5, 5.41) is 6.70. The molecular weight excluding hydrogens is 556 g/mol. The monoisotopic (exact) mass is 586 g/mol. The maximum absolute atomic E-state index is 13.3. The molecule has 11 heteroatoms. The third-order valence-corrected chi connectivity index (χ3v) is 7.74. The van der Waals surface area contributed by atoms with Crippen LogP contribution < -0.4 is 20.2 Å². The molecule has 216 valence electrons. The second-order valence-electron chi connectivity index (χ2n) is 8.97. The number of hydrogen-bond acceptors (Lipinski definition) is 7. The first kappa shape index (κ1) is 30.0. The minimum Gasteiger partial charge on any atom is -0.495 e. The molecule has 0 unspecified atom stereocenters. The SMILES string of the molecule is COc1ccccc1NC(=O)COc1ccc(/C=N/NC(=O)CN(Cc2ccccc2)S(=O)(=O)c2ccccc2)cc1. The van der Waals surface area contributed by atoms with Gasteiger partial charge in [-0.15, -0.1) is 0 Å². The van der Waals surface area contributed by atoms with Gasteiger partial charge in [0.2, 0.25) is 10.0 Å². The highest BCUT2D eigenvalue weighted by Gasteiger charge is 2.26. The molecule has 0 saturated heterocycles. The topological polar surface area (TPSA) is 126 Å². The van der Waals surface area contributed by atoms with Crippen LogP contribution in [0.2, 0.25) is 0 Å². The molecule has 0 aliphatic rings. The molecule has 0 aromatic heterocycles. The molecule has 10 nitrogen and oxygen atoms in total. The number of carbonyl (C=O) groups excluding carboxylic acids is 2. The van der Waals surface area contributed by atoms with Crippen molar-refractivity contribution in [3.05, 3.63) is 120 Å². The van der Waals surface area contributed by atoms with Crippen LogP contribution in [0.3, 0.4) is 0 Å². The number of ether oxygens (including phenoxy) is 2. The van der Waals surface area contributed by atoms with Gasteiger partial charge < -0.3 is 14.8 Å². The van der Waals surface area contributed by atoms with E-state index in [4.69, 9.17) is 9.47 Å². The van der Waals surface area contributed by atoms with E-state index in [0.29, 0.717) is 22.7 Å². The van der Waals surface area contributed by atoms with Crippen LogP contribution in [0, 0.1) is 0 Å². The average molecular weight is 587 g/mol. The fourth-order valence-electron chi connectivity index (χ4n) is 3.86. The number of hydrazone groups is 1. The van der Waals surface area contributed by atoms with Crippen molar-refractivity contribution in [1.29, 1.82) is 0 Å². The van der Waals surface area contributed by atoms with Crippen LogP contribution in [0.15, 0.2) is 119 Å². The van der Waals surface area contributed by atoms with E-state index in [9.17, 15) is 18.0 Å². The fourth-order valence-corrected chi connectivity index (χ4v) is 5.27. The van der Waals surface area contributed by atoms with Crippen molar-refractivity contribution < 1.29 is 27.5 Å². The van der Waals surface area contributed by atoms with E-state index in [1.807, 2.05) is 6.07 Å². The van der Waals surface area contributed by atoms with E-state index in [1.54, 1.807) is 91.0 Å². The van der Waals surface area contributed by atoms with Gasteiger partial charge >= 0.3 is 0 Å². The molecule has 0 aliphatic heterocycles. The molecule has 0 radical (unpaired) electrons. The van der Waals surface area contributed by atoms with Crippen LogP contribution >= 0.6 is 0 Å². The van der Waals surface area contributed by atoms with Crippen LogP contribution in [0.5, 0.6) is 11.5 Å². The number of sulfonamides is 1. The predicted molar refractivity (Wildman–Crippen MR) is 160 cm³/mol. The smallest absolute Gasteiger partial charge is 0.262 e. The van der Waals surface area contributed by atoms with E-state index >= 15 is 0 Å². The van der Waals surface area contributed by atoms with Gasteiger partial charge in [-0.3, -0.25) is 9.59 Å². The Labute approximate surface area is 244 Å². The largest absolute Gasteiger partial charge is 0.495 e. The number of nitrogens with zero attached hydrogens (tertiary/aromatic N) is 2. The van der Waals surface area contributed by atoms with Crippen molar-refractivity contribution in [2.45, 2.75) is 11.4 Å². The Kier molecular flexibility index (Phi) is 10.4. The van der Waals surface area contributed by atoms with E-state index in [1.165, 1.54) is 25.5 Å². The summed E-state index contributed by atoms with van der Waals surface area (Å²) in [7, 11) is -2.41. The summed E-state index contributed by atoms with van der Waals surface area (Å²) in [6.45, 7) is -0.604. The van der Waals surface area contributed by atoms with Gasteiger partial charge in [-0.1, -0.05) is 60.7 Å². The highest BCUT2D eigenvalue weighted by molar-refractivity contribution is 7.89. The third kappa shape index (κ3) is 8.50. The Balaban J connectivity index is 1.31. The minimum atomic E-state index is -3.94. The lowest BCUT2D eigenvalue weighted by molar-refractivity contribution is -0.121. The zero-order chi connectivity index (χ0) is 29.8. The maximum Gasteiger partial charge on any atom is 0.262 e. The van der Waals surface area contributed by atoms with Crippen molar-refractivity contribution in [3.8, 4) is 11.5 Å². The Morgan fingerprint density at radius 3 is 2.17 bits per heavy atom. The van der Waals surface area contributed by atoms with Crippen LogP contribution in [-0.4, -0.2) is 51.0 Å². The van der Waals surface area contributed by atoms with Crippen LogP contribution in [0.4, 0.5) is 5.69 Å². The number of rotatable bonds is 13. The standard InChI is InChI=1S/C31H30N4O6S/c1-40-29-15-9-8-14-28(29)33-31(37)23-41-26-18-16-24(17-19-26)20-32-34-30(36)22-35(21-25-10-4-2-5-11-25)42(38,39)27-12-6-3-7-13-27/h2-20H,21-23H2,1H3,(H,33,37)(H,34,36)/b32-20+. The average Bonchev–Trinajstić information content (AvgIpc) is 3.01. The quantitative estimate of drug-likeness (QED) is 0.180. The number of anilines is 1. The molecule has 0 heterocycles. The zero-order valence-electron chi connectivity index (χ0n) is 22.8. The van der Waals surface area contributed by atoms with Crippen LogP contribution in [-0.2, 0) is 26.2 Å². The number of nitrogens with one attached hydrogen (secondary N) is 2. The van der Waals surface area contributed by atoms with Crippen molar-refractivity contribution in [2.75, 3.05) is 25.6 Å². The second kappa shape index (κ2) is 14.6. The molecular formula is C31H30N4O6S. The Morgan fingerprint density at radius 2 is 1.48 bits per heavy atom. The highest BCUT2D eigenvalue weighted by atomic mass is 32.2. The number of amides is 2. The molecule has 0 fully saturated rings. The molecule has 2 N–H and O–H groups in total. The third-order valence-electron chi connectivity index (χ3n) is 5.94. The van der Waals surface area contributed by atoms with Gasteiger partial charge in [-0.05, 0) is 59.7 Å². The van der Waals surface area contributed by atoms with Gasteiger partial charge in [0.1, 0.15) is 11.5 Å². The van der Waals surface area contributed by atoms with Gasteiger partial charge in [0.25, 0.3) is 11.8 Å². The molecule has 42 heavy (non-hydrogen) atoms. The molecule has 4 aromatic carbocycles. The van der Waals surface area contributed by atoms with Gasteiger partial charge in [0, 0.05) is 6.54 Å². The van der Waals surface area contributed by atoms with E-state index in [-0.39, 0.29) is 24.0 Å². The lowest BCUT2D eigenvalue weighted by Crippen LogP contribution is -2.39. The number of carbonyl (C=O) groups is 2. The number of methoxy groups -OCH3 is 1. The summed E-state index contributed by atoms with van der Waals surface area (Å²) < 4.78 is 38.4. The Morgan fingerprint density at radius 1 is 0.833 bits per heavy atom. The van der Waals surface area contributed by atoms with Gasteiger partial charge in [0.05, 0.1) is 30.5 Å². The normalized spacial score (nSPS) is 11.3. The fraction of sp³-hybridized carbons (Fsp3) is 0.129. The Bertz CT molecular complexity index is 1610. The molecule has 0 atom stereocenters. The molecule has 4 rings (SSSR count). The first-order valence-electron chi connectivity index (χ1n) is 12.9. The zero-order valence-corrected chi connectivity index (χ0v) is 23.7. The van der Waals surface area contributed by atoms with Gasteiger partial charge in [-0.2, -0.15) is 9.41 Å². The summed E-state index contributed by atoms with van der Waals surface area (Å²) in [5.74, 6) is 0.0727. The molecule has 0 bridgehead atoms. The highest BCUT2D eigenvalue weighted by Crippen LogP contribution is 2.23. The summed E-state index contributed by atoms with van der Waals surface area (Å²) in [6, 6.07) is 30.8. The number of hydrogen-bond donors (Lipinski definition) is 2. The first-order valence-corrected chi connectivity index (χ1v) is 14.4. The van der Waals surface area contributed by atoms with Crippen molar-refractivity contribution in [1.82, 2.24) is 9.73 Å². The molecule has 0 aliphatic carbocycles. The lowest BCUT2D eigenvalue weighted by Gasteiger charge is -2.21. The van der Waals surface area contributed by atoms with E-state index in [2.05, 4.69) is 15.8 Å². The Hall–Kier alpha value is -5.00. The van der Waals surface area contributed by atoms with Crippen molar-refractivity contribution >= 4 is 33.7 Å². The van der Waals surface area contributed by atoms with Gasteiger partial charge in [-0.25, -0.2) is 13.8 Å². The second-order valence-corrected chi connectivity index (χ2v) is 10.9. The molecule has 0 saturated carbocycles. The first-order chi connectivity index (χ1) is 20.3. The number of para-hydroxylation sites is 2. The van der Waals surface area contributed by atoms with E-state index in [0.717, 1.165) is 9.87 Å². The summed E-state index contributed by atoms with van der Waals surface area (Å²) in [6.07, 6.45) is 1.42.